The SMILES string of the molecule is C[SiH](C)C1=CCC=C1C(C)(C)C. The van der Waals surface area contributed by atoms with E-state index in [9.17, 15) is 0 Å². The lowest BCUT2D eigenvalue weighted by Crippen LogP contribution is -2.17. The molecule has 0 N–H and O–H groups in total. The summed E-state index contributed by atoms with van der Waals surface area (Å²) >= 11 is 0. The van der Waals surface area contributed by atoms with Crippen molar-refractivity contribution in [2.45, 2.75) is 40.3 Å². The monoisotopic (exact) mass is 180 g/mol. The number of hydrogen-bond donors (Lipinski definition) is 0. The van der Waals surface area contributed by atoms with E-state index < -0.39 is 8.80 Å². The van der Waals surface area contributed by atoms with Gasteiger partial charge in [0, 0.05) is 0 Å². The summed E-state index contributed by atoms with van der Waals surface area (Å²) < 4.78 is 0. The number of hydrogen-bond acceptors (Lipinski definition) is 0. The summed E-state index contributed by atoms with van der Waals surface area (Å²) in [5.41, 5.74) is 1.98. The van der Waals surface area contributed by atoms with Crippen molar-refractivity contribution in [1.29, 1.82) is 0 Å². The topological polar surface area (TPSA) is 0 Å². The molecular formula is C11H20Si. The smallest absolute Gasteiger partial charge is 0.0647 e. The normalized spacial score (nSPS) is 18.2. The highest BCUT2D eigenvalue weighted by molar-refractivity contribution is 6.65. The first kappa shape index (κ1) is 9.78. The van der Waals surface area contributed by atoms with Crippen molar-refractivity contribution < 1.29 is 0 Å². The second-order valence-electron chi connectivity index (χ2n) is 4.92. The molecule has 0 saturated heterocycles. The Morgan fingerprint density at radius 2 is 1.75 bits per heavy atom. The zero-order chi connectivity index (χ0) is 9.35. The minimum absolute atomic E-state index is 0.361. The van der Waals surface area contributed by atoms with E-state index >= 15 is 0 Å². The molecule has 0 atom stereocenters. The third-order valence-electron chi connectivity index (χ3n) is 2.40. The van der Waals surface area contributed by atoms with Crippen molar-refractivity contribution >= 4 is 8.80 Å². The van der Waals surface area contributed by atoms with Crippen LogP contribution in [-0.4, -0.2) is 8.80 Å². The summed E-state index contributed by atoms with van der Waals surface area (Å²) in [7, 11) is -0.588. The van der Waals surface area contributed by atoms with E-state index in [1.54, 1.807) is 10.8 Å². The lowest BCUT2D eigenvalue weighted by atomic mass is 9.87. The molecular weight excluding hydrogens is 160 g/mol. The molecule has 12 heavy (non-hydrogen) atoms. The van der Waals surface area contributed by atoms with Gasteiger partial charge < -0.3 is 0 Å². The molecule has 1 aliphatic rings. The lowest BCUT2D eigenvalue weighted by molar-refractivity contribution is 0.515. The molecule has 0 bridgehead atoms. The Kier molecular flexibility index (Phi) is 2.62. The van der Waals surface area contributed by atoms with Gasteiger partial charge in [-0.3, -0.25) is 0 Å². The van der Waals surface area contributed by atoms with E-state index in [1.807, 2.05) is 0 Å². The van der Waals surface area contributed by atoms with Crippen molar-refractivity contribution in [2.24, 2.45) is 5.41 Å². The van der Waals surface area contributed by atoms with E-state index in [1.165, 1.54) is 6.42 Å². The molecule has 0 heterocycles. The van der Waals surface area contributed by atoms with Gasteiger partial charge in [0.25, 0.3) is 0 Å². The van der Waals surface area contributed by atoms with E-state index in [4.69, 9.17) is 0 Å². The number of rotatable bonds is 1. The van der Waals surface area contributed by atoms with Crippen LogP contribution in [0.25, 0.3) is 0 Å². The van der Waals surface area contributed by atoms with Crippen LogP contribution in [0.5, 0.6) is 0 Å². The largest absolute Gasteiger partial charge is 0.0815 e. The second-order valence-corrected chi connectivity index (χ2v) is 7.85. The zero-order valence-corrected chi connectivity index (χ0v) is 10.1. The van der Waals surface area contributed by atoms with Gasteiger partial charge in [0.05, 0.1) is 8.80 Å². The van der Waals surface area contributed by atoms with Gasteiger partial charge in [-0.2, -0.15) is 0 Å². The molecule has 0 aromatic carbocycles. The summed E-state index contributed by atoms with van der Waals surface area (Å²) in [5, 5.41) is 1.70. The van der Waals surface area contributed by atoms with Crippen molar-refractivity contribution in [1.82, 2.24) is 0 Å². The Labute approximate surface area is 78.0 Å². The molecule has 0 radical (unpaired) electrons. The van der Waals surface area contributed by atoms with Gasteiger partial charge >= 0.3 is 0 Å². The third-order valence-corrected chi connectivity index (χ3v) is 4.19. The van der Waals surface area contributed by atoms with E-state index in [0.717, 1.165) is 0 Å². The van der Waals surface area contributed by atoms with Gasteiger partial charge in [-0.05, 0) is 17.4 Å². The Morgan fingerprint density at radius 1 is 1.17 bits per heavy atom. The molecule has 1 aliphatic carbocycles. The van der Waals surface area contributed by atoms with Crippen molar-refractivity contribution in [2.75, 3.05) is 0 Å². The fourth-order valence-corrected chi connectivity index (χ4v) is 3.60. The van der Waals surface area contributed by atoms with Gasteiger partial charge in [-0.25, -0.2) is 0 Å². The van der Waals surface area contributed by atoms with Crippen molar-refractivity contribution in [3.05, 3.63) is 22.9 Å². The van der Waals surface area contributed by atoms with Gasteiger partial charge in [0.15, 0.2) is 0 Å². The predicted octanol–water partition coefficient (Wildman–Crippen LogP) is 3.31. The van der Waals surface area contributed by atoms with E-state index in [-0.39, 0.29) is 0 Å². The molecule has 1 heteroatoms. The van der Waals surface area contributed by atoms with Crippen LogP contribution in [0.4, 0.5) is 0 Å². The summed E-state index contributed by atoms with van der Waals surface area (Å²) in [5.74, 6) is 0. The summed E-state index contributed by atoms with van der Waals surface area (Å²) in [6.07, 6.45) is 6.01. The van der Waals surface area contributed by atoms with Crippen LogP contribution in [0, 0.1) is 5.41 Å². The fourth-order valence-electron chi connectivity index (χ4n) is 1.82. The summed E-state index contributed by atoms with van der Waals surface area (Å²) in [6, 6.07) is 0. The Bertz CT molecular complexity index is 226. The first-order valence-corrected chi connectivity index (χ1v) is 7.72. The molecule has 0 spiro atoms. The molecule has 0 nitrogen and oxygen atoms in total. The standard InChI is InChI=1S/C11H20Si/c1-11(2,3)9-7-6-8-10(9)12(4)5/h7-8,12H,6H2,1-5H3. The van der Waals surface area contributed by atoms with Crippen molar-refractivity contribution in [3.63, 3.8) is 0 Å². The molecule has 0 fully saturated rings. The maximum Gasteiger partial charge on any atom is 0.0647 e. The van der Waals surface area contributed by atoms with Crippen LogP contribution in [0.15, 0.2) is 22.9 Å². The Balaban J connectivity index is 2.88. The van der Waals surface area contributed by atoms with Crippen LogP contribution in [0.1, 0.15) is 27.2 Å². The van der Waals surface area contributed by atoms with Gasteiger partial charge in [-0.1, -0.05) is 51.2 Å². The van der Waals surface area contributed by atoms with E-state index in [0.29, 0.717) is 5.41 Å². The fraction of sp³-hybridized carbons (Fsp3) is 0.636. The Morgan fingerprint density at radius 3 is 2.08 bits per heavy atom. The van der Waals surface area contributed by atoms with Crippen molar-refractivity contribution in [3.8, 4) is 0 Å². The van der Waals surface area contributed by atoms with E-state index in [2.05, 4.69) is 46.0 Å². The van der Waals surface area contributed by atoms with Crippen LogP contribution in [0.3, 0.4) is 0 Å². The highest BCUT2D eigenvalue weighted by Gasteiger charge is 2.24. The molecule has 0 amide bonds. The molecule has 1 rings (SSSR count). The minimum atomic E-state index is -0.588. The molecule has 0 aromatic rings. The predicted molar refractivity (Wildman–Crippen MR) is 59.1 cm³/mol. The van der Waals surface area contributed by atoms with Crippen LogP contribution in [-0.2, 0) is 0 Å². The molecule has 0 saturated carbocycles. The third kappa shape index (κ3) is 1.89. The first-order valence-electron chi connectivity index (χ1n) is 4.84. The average molecular weight is 180 g/mol. The van der Waals surface area contributed by atoms with Gasteiger partial charge in [0.1, 0.15) is 0 Å². The highest BCUT2D eigenvalue weighted by atomic mass is 28.3. The quantitative estimate of drug-likeness (QED) is 0.543. The maximum atomic E-state index is 2.43. The second kappa shape index (κ2) is 3.21. The minimum Gasteiger partial charge on any atom is -0.0815 e. The van der Waals surface area contributed by atoms with Gasteiger partial charge in [0.2, 0.25) is 0 Å². The Hall–Kier alpha value is -0.303. The average Bonchev–Trinajstić information content (AvgIpc) is 2.30. The molecule has 0 aromatic heterocycles. The summed E-state index contributed by atoms with van der Waals surface area (Å²) in [4.78, 5) is 0. The first-order chi connectivity index (χ1) is 5.43. The van der Waals surface area contributed by atoms with Crippen LogP contribution in [0.2, 0.25) is 13.1 Å². The molecule has 68 valence electrons. The lowest BCUT2D eigenvalue weighted by Gasteiger charge is -2.25. The maximum absolute atomic E-state index is 2.43. The zero-order valence-electron chi connectivity index (χ0n) is 8.94. The summed E-state index contributed by atoms with van der Waals surface area (Å²) in [6.45, 7) is 11.8. The van der Waals surface area contributed by atoms with Crippen LogP contribution >= 0.6 is 0 Å². The highest BCUT2D eigenvalue weighted by Crippen LogP contribution is 2.36. The van der Waals surface area contributed by atoms with Gasteiger partial charge in [-0.15, -0.1) is 0 Å². The molecule has 0 unspecified atom stereocenters. The van der Waals surface area contributed by atoms with Crippen LogP contribution < -0.4 is 0 Å². The number of allylic oxidation sites excluding steroid dienone is 4. The molecule has 0 aliphatic heterocycles.